The molecule has 110 valence electrons. The van der Waals surface area contributed by atoms with Gasteiger partial charge in [-0.15, -0.1) is 0 Å². The van der Waals surface area contributed by atoms with Crippen molar-refractivity contribution in [3.63, 3.8) is 0 Å². The van der Waals surface area contributed by atoms with E-state index in [1.54, 1.807) is 0 Å². The average molecular weight is 276 g/mol. The lowest BCUT2D eigenvalue weighted by Gasteiger charge is -2.35. The first-order valence-corrected chi connectivity index (χ1v) is 7.33. The molecule has 2 N–H and O–H groups in total. The van der Waals surface area contributed by atoms with E-state index >= 15 is 0 Å². The van der Waals surface area contributed by atoms with Gasteiger partial charge in [-0.2, -0.15) is 0 Å². The smallest absolute Gasteiger partial charge is 0.238 e. The largest absolute Gasteiger partial charge is 0.389 e. The molecule has 0 atom stereocenters. The van der Waals surface area contributed by atoms with Crippen molar-refractivity contribution < 1.29 is 9.90 Å². The van der Waals surface area contributed by atoms with Crippen molar-refractivity contribution in [2.24, 2.45) is 0 Å². The van der Waals surface area contributed by atoms with Gasteiger partial charge >= 0.3 is 0 Å². The van der Waals surface area contributed by atoms with Crippen molar-refractivity contribution >= 4 is 11.6 Å². The highest BCUT2D eigenvalue weighted by Crippen LogP contribution is 2.28. The van der Waals surface area contributed by atoms with Crippen LogP contribution in [0.15, 0.2) is 30.3 Å². The molecule has 2 rings (SSSR count). The van der Waals surface area contributed by atoms with Crippen LogP contribution in [0.5, 0.6) is 0 Å². The van der Waals surface area contributed by atoms with Crippen LogP contribution in [0.1, 0.15) is 32.1 Å². The number of hydrogen-bond acceptors (Lipinski definition) is 3. The van der Waals surface area contributed by atoms with Gasteiger partial charge in [0.1, 0.15) is 0 Å². The quantitative estimate of drug-likeness (QED) is 0.867. The fourth-order valence-electron chi connectivity index (χ4n) is 2.89. The molecule has 1 aromatic rings. The lowest BCUT2D eigenvalue weighted by Crippen LogP contribution is -2.45. The Morgan fingerprint density at radius 2 is 1.90 bits per heavy atom. The molecule has 1 aromatic carbocycles. The second-order valence-electron chi connectivity index (χ2n) is 5.87. The summed E-state index contributed by atoms with van der Waals surface area (Å²) in [5.41, 5.74) is 0.197. The van der Waals surface area contributed by atoms with E-state index in [9.17, 15) is 9.90 Å². The molecule has 0 bridgehead atoms. The third kappa shape index (κ3) is 4.62. The highest BCUT2D eigenvalue weighted by Gasteiger charge is 2.30. The van der Waals surface area contributed by atoms with Crippen molar-refractivity contribution in [3.8, 4) is 0 Å². The Kier molecular flexibility index (Phi) is 5.15. The molecule has 4 nitrogen and oxygen atoms in total. The number of amides is 1. The van der Waals surface area contributed by atoms with E-state index in [1.807, 2.05) is 42.3 Å². The van der Waals surface area contributed by atoms with Gasteiger partial charge in [-0.3, -0.25) is 9.69 Å². The number of carbonyl (C=O) groups excluding carboxylic acids is 1. The van der Waals surface area contributed by atoms with Crippen LogP contribution in [-0.4, -0.2) is 41.7 Å². The summed E-state index contributed by atoms with van der Waals surface area (Å²) >= 11 is 0. The minimum Gasteiger partial charge on any atom is -0.389 e. The number of para-hydroxylation sites is 1. The lowest BCUT2D eigenvalue weighted by molar-refractivity contribution is -0.118. The number of rotatable bonds is 5. The summed E-state index contributed by atoms with van der Waals surface area (Å²) in [6.07, 6.45) is 5.07. The van der Waals surface area contributed by atoms with Crippen LogP contribution in [0.2, 0.25) is 0 Å². The number of aliphatic hydroxyl groups is 1. The van der Waals surface area contributed by atoms with Crippen molar-refractivity contribution in [2.75, 3.05) is 25.5 Å². The van der Waals surface area contributed by atoms with Crippen LogP contribution >= 0.6 is 0 Å². The first kappa shape index (κ1) is 15.0. The molecular weight excluding hydrogens is 252 g/mol. The minimum atomic E-state index is -0.611. The van der Waals surface area contributed by atoms with Crippen molar-refractivity contribution in [2.45, 2.75) is 37.7 Å². The Morgan fingerprint density at radius 3 is 2.55 bits per heavy atom. The predicted molar refractivity (Wildman–Crippen MR) is 80.6 cm³/mol. The van der Waals surface area contributed by atoms with Gasteiger partial charge in [0, 0.05) is 12.2 Å². The van der Waals surface area contributed by atoms with Crippen LogP contribution < -0.4 is 5.32 Å². The molecule has 0 heterocycles. The molecule has 0 aliphatic heterocycles. The fraction of sp³-hybridized carbons (Fsp3) is 0.562. The Hall–Kier alpha value is -1.39. The number of carbonyl (C=O) groups is 1. The van der Waals surface area contributed by atoms with Gasteiger partial charge in [0.25, 0.3) is 0 Å². The highest BCUT2D eigenvalue weighted by molar-refractivity contribution is 5.92. The summed E-state index contributed by atoms with van der Waals surface area (Å²) in [5, 5.41) is 13.3. The number of nitrogens with one attached hydrogen (secondary N) is 1. The molecule has 0 unspecified atom stereocenters. The standard InChI is InChI=1S/C16H24N2O2/c1-18(13-16(20)10-6-3-7-11-16)12-15(19)17-14-8-4-2-5-9-14/h2,4-5,8-9,20H,3,6-7,10-13H2,1H3,(H,17,19). The molecule has 20 heavy (non-hydrogen) atoms. The molecule has 0 spiro atoms. The second kappa shape index (κ2) is 6.86. The van der Waals surface area contributed by atoms with E-state index in [2.05, 4.69) is 5.32 Å². The summed E-state index contributed by atoms with van der Waals surface area (Å²) in [7, 11) is 1.89. The van der Waals surface area contributed by atoms with Crippen LogP contribution in [0.4, 0.5) is 5.69 Å². The van der Waals surface area contributed by atoms with Gasteiger partial charge in [-0.25, -0.2) is 0 Å². The Labute approximate surface area is 120 Å². The molecule has 1 aliphatic carbocycles. The third-order valence-corrected chi connectivity index (χ3v) is 3.82. The summed E-state index contributed by atoms with van der Waals surface area (Å²) in [6.45, 7) is 0.867. The Balaban J connectivity index is 1.79. The first-order valence-electron chi connectivity index (χ1n) is 7.33. The van der Waals surface area contributed by atoms with Crippen molar-refractivity contribution in [1.82, 2.24) is 4.90 Å². The Morgan fingerprint density at radius 1 is 1.25 bits per heavy atom. The van der Waals surface area contributed by atoms with Crippen LogP contribution in [0, 0.1) is 0 Å². The second-order valence-corrected chi connectivity index (χ2v) is 5.87. The van der Waals surface area contributed by atoms with E-state index < -0.39 is 5.60 Å². The van der Waals surface area contributed by atoms with Crippen molar-refractivity contribution in [3.05, 3.63) is 30.3 Å². The van der Waals surface area contributed by atoms with E-state index in [0.717, 1.165) is 31.4 Å². The van der Waals surface area contributed by atoms with E-state index in [-0.39, 0.29) is 5.91 Å². The number of nitrogens with zero attached hydrogens (tertiary/aromatic N) is 1. The molecule has 1 aliphatic rings. The molecule has 1 saturated carbocycles. The third-order valence-electron chi connectivity index (χ3n) is 3.82. The number of anilines is 1. The maximum atomic E-state index is 11.9. The van der Waals surface area contributed by atoms with Crippen LogP contribution in [0.25, 0.3) is 0 Å². The topological polar surface area (TPSA) is 52.6 Å². The average Bonchev–Trinajstić information content (AvgIpc) is 2.39. The minimum absolute atomic E-state index is 0.0434. The summed E-state index contributed by atoms with van der Waals surface area (Å²) in [6, 6.07) is 9.44. The van der Waals surface area contributed by atoms with Crippen LogP contribution in [0.3, 0.4) is 0 Å². The van der Waals surface area contributed by atoms with Crippen molar-refractivity contribution in [1.29, 1.82) is 0 Å². The van der Waals surface area contributed by atoms with Gasteiger partial charge in [-0.05, 0) is 32.0 Å². The van der Waals surface area contributed by atoms with Gasteiger partial charge in [0.05, 0.1) is 12.1 Å². The van der Waals surface area contributed by atoms with Gasteiger partial charge in [0.15, 0.2) is 0 Å². The molecule has 0 saturated heterocycles. The molecule has 1 amide bonds. The number of benzene rings is 1. The van der Waals surface area contributed by atoms with Gasteiger partial charge < -0.3 is 10.4 Å². The molecule has 1 fully saturated rings. The zero-order valence-corrected chi connectivity index (χ0v) is 12.1. The lowest BCUT2D eigenvalue weighted by atomic mass is 9.84. The summed E-state index contributed by atoms with van der Waals surface area (Å²) in [4.78, 5) is 13.8. The summed E-state index contributed by atoms with van der Waals surface area (Å²) in [5.74, 6) is -0.0434. The monoisotopic (exact) mass is 276 g/mol. The zero-order chi connectivity index (χ0) is 14.4. The van der Waals surface area contributed by atoms with E-state index in [0.29, 0.717) is 13.1 Å². The number of hydrogen-bond donors (Lipinski definition) is 2. The fourth-order valence-corrected chi connectivity index (χ4v) is 2.89. The molecule has 4 heteroatoms. The predicted octanol–water partition coefficient (Wildman–Crippen LogP) is 2.25. The maximum absolute atomic E-state index is 11.9. The Bertz CT molecular complexity index is 427. The van der Waals surface area contributed by atoms with E-state index in [1.165, 1.54) is 6.42 Å². The van der Waals surface area contributed by atoms with Gasteiger partial charge in [-0.1, -0.05) is 37.5 Å². The van der Waals surface area contributed by atoms with Gasteiger partial charge in [0.2, 0.25) is 5.91 Å². The normalized spacial score (nSPS) is 17.9. The zero-order valence-electron chi connectivity index (χ0n) is 12.1. The molecular formula is C16H24N2O2. The SMILES string of the molecule is CN(CC(=O)Nc1ccccc1)CC1(O)CCCCC1. The molecule has 0 aromatic heterocycles. The highest BCUT2D eigenvalue weighted by atomic mass is 16.3. The molecule has 0 radical (unpaired) electrons. The summed E-state index contributed by atoms with van der Waals surface area (Å²) < 4.78 is 0. The van der Waals surface area contributed by atoms with Crippen LogP contribution in [-0.2, 0) is 4.79 Å². The number of likely N-dealkylation sites (N-methyl/N-ethyl adjacent to an activating group) is 1. The maximum Gasteiger partial charge on any atom is 0.238 e. The van der Waals surface area contributed by atoms with E-state index in [4.69, 9.17) is 0 Å². The first-order chi connectivity index (χ1) is 9.57.